The summed E-state index contributed by atoms with van der Waals surface area (Å²) >= 11 is 0. The monoisotopic (exact) mass is 241 g/mol. The number of halogens is 2. The van der Waals surface area contributed by atoms with Crippen molar-refractivity contribution in [2.24, 2.45) is 0 Å². The third-order valence-electron chi connectivity index (χ3n) is 3.05. The van der Waals surface area contributed by atoms with Gasteiger partial charge >= 0.3 is 0 Å². The molecule has 0 amide bonds. The molecule has 1 aliphatic carbocycles. The van der Waals surface area contributed by atoms with Crippen LogP contribution in [0.1, 0.15) is 25.7 Å². The van der Waals surface area contributed by atoms with Gasteiger partial charge in [-0.15, -0.1) is 0 Å². The predicted molar refractivity (Wildman–Crippen MR) is 62.1 cm³/mol. The van der Waals surface area contributed by atoms with Crippen LogP contribution in [0.25, 0.3) is 0 Å². The van der Waals surface area contributed by atoms with E-state index in [1.54, 1.807) is 0 Å². The summed E-state index contributed by atoms with van der Waals surface area (Å²) in [5.41, 5.74) is 0. The number of rotatable bonds is 5. The van der Waals surface area contributed by atoms with Gasteiger partial charge in [0.2, 0.25) is 0 Å². The van der Waals surface area contributed by atoms with E-state index in [-0.39, 0.29) is 0 Å². The second-order valence-electron chi connectivity index (χ2n) is 4.36. The van der Waals surface area contributed by atoms with Crippen LogP contribution in [0.2, 0.25) is 0 Å². The van der Waals surface area contributed by atoms with Gasteiger partial charge in [-0.3, -0.25) is 0 Å². The fraction of sp³-hybridized carbons (Fsp3) is 0.538. The summed E-state index contributed by atoms with van der Waals surface area (Å²) in [6, 6.07) is 4.19. The molecule has 0 atom stereocenters. The second-order valence-corrected chi connectivity index (χ2v) is 4.36. The molecule has 1 N–H and O–H groups in total. The maximum atomic E-state index is 12.9. The molecule has 0 unspecified atom stereocenters. The molecule has 0 bridgehead atoms. The highest BCUT2D eigenvalue weighted by Gasteiger charge is 2.13. The van der Waals surface area contributed by atoms with Crippen molar-refractivity contribution in [3.05, 3.63) is 29.8 Å². The summed E-state index contributed by atoms with van der Waals surface area (Å²) in [5, 5.41) is 3.39. The SMILES string of the molecule is Fc1ccc(OCCNC2CCCC2)cc1F. The fourth-order valence-corrected chi connectivity index (χ4v) is 2.13. The van der Waals surface area contributed by atoms with Crippen LogP contribution in [0.4, 0.5) is 8.78 Å². The zero-order valence-corrected chi connectivity index (χ0v) is 9.72. The molecule has 1 aromatic carbocycles. The van der Waals surface area contributed by atoms with Gasteiger partial charge in [0.05, 0.1) is 0 Å². The third kappa shape index (κ3) is 3.66. The van der Waals surface area contributed by atoms with Gasteiger partial charge in [0.15, 0.2) is 11.6 Å². The molecule has 0 saturated heterocycles. The Morgan fingerprint density at radius 3 is 2.65 bits per heavy atom. The van der Waals surface area contributed by atoms with Crippen LogP contribution in [0.5, 0.6) is 5.75 Å². The van der Waals surface area contributed by atoms with E-state index in [9.17, 15) is 8.78 Å². The zero-order valence-electron chi connectivity index (χ0n) is 9.72. The summed E-state index contributed by atoms with van der Waals surface area (Å²) in [7, 11) is 0. The third-order valence-corrected chi connectivity index (χ3v) is 3.05. The van der Waals surface area contributed by atoms with Crippen molar-refractivity contribution >= 4 is 0 Å². The first-order valence-corrected chi connectivity index (χ1v) is 6.07. The molecule has 0 heterocycles. The first-order chi connectivity index (χ1) is 8.25. The van der Waals surface area contributed by atoms with Gasteiger partial charge in [-0.05, 0) is 25.0 Å². The van der Waals surface area contributed by atoms with Gasteiger partial charge in [0, 0.05) is 18.7 Å². The summed E-state index contributed by atoms with van der Waals surface area (Å²) in [4.78, 5) is 0. The first-order valence-electron chi connectivity index (χ1n) is 6.07. The Morgan fingerprint density at radius 2 is 1.94 bits per heavy atom. The molecule has 0 aliphatic heterocycles. The number of hydrogen-bond donors (Lipinski definition) is 1. The van der Waals surface area contributed by atoms with E-state index in [0.29, 0.717) is 18.4 Å². The number of ether oxygens (including phenoxy) is 1. The zero-order chi connectivity index (χ0) is 12.1. The molecule has 94 valence electrons. The van der Waals surface area contributed by atoms with E-state index in [4.69, 9.17) is 4.74 Å². The average molecular weight is 241 g/mol. The number of benzene rings is 1. The van der Waals surface area contributed by atoms with Crippen molar-refractivity contribution in [1.29, 1.82) is 0 Å². The van der Waals surface area contributed by atoms with Crippen LogP contribution < -0.4 is 10.1 Å². The van der Waals surface area contributed by atoms with Gasteiger partial charge in [-0.1, -0.05) is 12.8 Å². The molecule has 0 aromatic heterocycles. The maximum Gasteiger partial charge on any atom is 0.162 e. The quantitative estimate of drug-likeness (QED) is 0.800. The molecule has 1 saturated carbocycles. The van der Waals surface area contributed by atoms with Crippen molar-refractivity contribution in [2.75, 3.05) is 13.2 Å². The van der Waals surface area contributed by atoms with Crippen LogP contribution in [0, 0.1) is 11.6 Å². The summed E-state index contributed by atoms with van der Waals surface area (Å²) in [6.45, 7) is 1.21. The molecular formula is C13H17F2NO. The molecule has 4 heteroatoms. The van der Waals surface area contributed by atoms with Gasteiger partial charge in [-0.2, -0.15) is 0 Å². The van der Waals surface area contributed by atoms with E-state index >= 15 is 0 Å². The highest BCUT2D eigenvalue weighted by molar-refractivity contribution is 5.23. The van der Waals surface area contributed by atoms with Crippen molar-refractivity contribution in [1.82, 2.24) is 5.32 Å². The lowest BCUT2D eigenvalue weighted by molar-refractivity contribution is 0.302. The summed E-state index contributed by atoms with van der Waals surface area (Å²) in [6.07, 6.45) is 5.04. The van der Waals surface area contributed by atoms with Crippen LogP contribution in [-0.2, 0) is 0 Å². The van der Waals surface area contributed by atoms with Gasteiger partial charge < -0.3 is 10.1 Å². The fourth-order valence-electron chi connectivity index (χ4n) is 2.13. The van der Waals surface area contributed by atoms with E-state index in [2.05, 4.69) is 5.32 Å². The average Bonchev–Trinajstić information content (AvgIpc) is 2.82. The minimum absolute atomic E-state index is 0.372. The largest absolute Gasteiger partial charge is 0.492 e. The minimum atomic E-state index is -0.869. The maximum absolute atomic E-state index is 12.9. The Bertz CT molecular complexity index is 364. The molecule has 1 aromatic rings. The molecule has 17 heavy (non-hydrogen) atoms. The Kier molecular flexibility index (Phi) is 4.31. The summed E-state index contributed by atoms with van der Waals surface area (Å²) < 4.78 is 30.8. The molecule has 0 spiro atoms. The van der Waals surface area contributed by atoms with Crippen molar-refractivity contribution in [3.63, 3.8) is 0 Å². The molecular weight excluding hydrogens is 224 g/mol. The van der Waals surface area contributed by atoms with Crippen molar-refractivity contribution in [2.45, 2.75) is 31.7 Å². The lowest BCUT2D eigenvalue weighted by atomic mass is 10.2. The lowest BCUT2D eigenvalue weighted by Gasteiger charge is -2.12. The van der Waals surface area contributed by atoms with Crippen molar-refractivity contribution in [3.8, 4) is 5.75 Å². The van der Waals surface area contributed by atoms with Crippen LogP contribution in [0.15, 0.2) is 18.2 Å². The number of hydrogen-bond acceptors (Lipinski definition) is 2. The lowest BCUT2D eigenvalue weighted by Crippen LogP contribution is -2.30. The summed E-state index contributed by atoms with van der Waals surface area (Å²) in [5.74, 6) is -1.34. The first kappa shape index (κ1) is 12.3. The van der Waals surface area contributed by atoms with E-state index in [1.807, 2.05) is 0 Å². The minimum Gasteiger partial charge on any atom is -0.492 e. The number of nitrogens with one attached hydrogen (secondary N) is 1. The normalized spacial score (nSPS) is 16.4. The highest BCUT2D eigenvalue weighted by Crippen LogP contribution is 2.17. The standard InChI is InChI=1S/C13H17F2NO/c14-12-6-5-11(9-13(12)15)17-8-7-16-10-3-1-2-4-10/h5-6,9-10,16H,1-4,7-8H2. The highest BCUT2D eigenvalue weighted by atomic mass is 19.2. The second kappa shape index (κ2) is 5.96. The molecule has 2 nitrogen and oxygen atoms in total. The van der Waals surface area contributed by atoms with Crippen LogP contribution >= 0.6 is 0 Å². The smallest absolute Gasteiger partial charge is 0.162 e. The molecule has 0 radical (unpaired) electrons. The van der Waals surface area contributed by atoms with Crippen LogP contribution in [-0.4, -0.2) is 19.2 Å². The van der Waals surface area contributed by atoms with E-state index in [0.717, 1.165) is 18.7 Å². The van der Waals surface area contributed by atoms with Gasteiger partial charge in [0.25, 0.3) is 0 Å². The van der Waals surface area contributed by atoms with Gasteiger partial charge in [-0.25, -0.2) is 8.78 Å². The predicted octanol–water partition coefficient (Wildman–Crippen LogP) is 2.88. The van der Waals surface area contributed by atoms with Crippen molar-refractivity contribution < 1.29 is 13.5 Å². The Morgan fingerprint density at radius 1 is 1.18 bits per heavy atom. The molecule has 2 rings (SSSR count). The van der Waals surface area contributed by atoms with Gasteiger partial charge in [0.1, 0.15) is 12.4 Å². The topological polar surface area (TPSA) is 21.3 Å². The van der Waals surface area contributed by atoms with E-state index < -0.39 is 11.6 Å². The van der Waals surface area contributed by atoms with Crippen LogP contribution in [0.3, 0.4) is 0 Å². The molecule has 1 aliphatic rings. The Hall–Kier alpha value is -1.16. The van der Waals surface area contributed by atoms with E-state index in [1.165, 1.54) is 31.7 Å². The Balaban J connectivity index is 1.68. The Labute approximate surface area is 100.0 Å². The molecule has 1 fully saturated rings.